The first-order valence-corrected chi connectivity index (χ1v) is 6.92. The van der Waals surface area contributed by atoms with Gasteiger partial charge in [-0.1, -0.05) is 18.2 Å². The lowest BCUT2D eigenvalue weighted by Gasteiger charge is -2.25. The molecule has 0 aliphatic carbocycles. The molecule has 0 saturated carbocycles. The van der Waals surface area contributed by atoms with Gasteiger partial charge in [-0.3, -0.25) is 4.90 Å². The Bertz CT molecular complexity index is 409. The molecule has 1 aromatic rings. The van der Waals surface area contributed by atoms with Crippen molar-refractivity contribution >= 4 is 0 Å². The van der Waals surface area contributed by atoms with Crippen LogP contribution in [0.3, 0.4) is 0 Å². The van der Waals surface area contributed by atoms with E-state index >= 15 is 0 Å². The van der Waals surface area contributed by atoms with Gasteiger partial charge in [0.15, 0.2) is 0 Å². The number of nitrogens with zero attached hydrogens (tertiary/aromatic N) is 1. The average Bonchev–Trinajstić information content (AvgIpc) is 2.92. The fraction of sp³-hybridized carbons (Fsp3) is 0.600. The predicted octanol–water partition coefficient (Wildman–Crippen LogP) is 1.91. The number of hydrogen-bond donors (Lipinski definition) is 1. The number of nitrogens with one attached hydrogen (secondary N) is 1. The van der Waals surface area contributed by atoms with Crippen LogP contribution in [0.5, 0.6) is 0 Å². The van der Waals surface area contributed by atoms with Gasteiger partial charge in [-0.25, -0.2) is 4.39 Å². The van der Waals surface area contributed by atoms with Crippen LogP contribution in [0.15, 0.2) is 24.3 Å². The largest absolute Gasteiger partial charge is 0.316 e. The molecule has 2 aliphatic rings. The fourth-order valence-corrected chi connectivity index (χ4v) is 3.36. The molecular weight excluding hydrogens is 227 g/mol. The highest BCUT2D eigenvalue weighted by Crippen LogP contribution is 2.28. The zero-order valence-corrected chi connectivity index (χ0v) is 10.9. The van der Waals surface area contributed by atoms with E-state index in [1.807, 2.05) is 12.1 Å². The van der Waals surface area contributed by atoms with Crippen LogP contribution in [0.4, 0.5) is 4.39 Å². The third-order valence-corrected chi connectivity index (χ3v) is 4.51. The Hall–Kier alpha value is -0.930. The standard InChI is InChI=1S/C15H21FN2/c1-11(6-12-4-2-3-5-15(12)16)18-9-13-7-17-8-14(13)10-18/h2-5,11,13-14,17H,6-10H2,1H3/t11?,13-,14+. The van der Waals surface area contributed by atoms with Gasteiger partial charge in [0.1, 0.15) is 5.82 Å². The van der Waals surface area contributed by atoms with Crippen molar-refractivity contribution in [3.05, 3.63) is 35.6 Å². The topological polar surface area (TPSA) is 15.3 Å². The van der Waals surface area contributed by atoms with E-state index in [1.54, 1.807) is 12.1 Å². The lowest BCUT2D eigenvalue weighted by molar-refractivity contribution is 0.238. The second kappa shape index (κ2) is 4.98. The van der Waals surface area contributed by atoms with E-state index < -0.39 is 0 Å². The maximum Gasteiger partial charge on any atom is 0.126 e. The number of halogens is 1. The highest BCUT2D eigenvalue weighted by Gasteiger charge is 2.37. The number of benzene rings is 1. The molecule has 1 aromatic carbocycles. The average molecular weight is 248 g/mol. The van der Waals surface area contributed by atoms with Crippen molar-refractivity contribution < 1.29 is 4.39 Å². The lowest BCUT2D eigenvalue weighted by atomic mass is 10.0. The molecular formula is C15H21FN2. The summed E-state index contributed by atoms with van der Waals surface area (Å²) in [6.07, 6.45) is 0.819. The molecule has 3 heteroatoms. The van der Waals surface area contributed by atoms with Crippen LogP contribution in [-0.4, -0.2) is 37.1 Å². The summed E-state index contributed by atoms with van der Waals surface area (Å²) in [5, 5.41) is 3.46. The summed E-state index contributed by atoms with van der Waals surface area (Å²) < 4.78 is 13.6. The Balaban J connectivity index is 1.62. The van der Waals surface area contributed by atoms with E-state index in [0.717, 1.165) is 36.9 Å². The Morgan fingerprint density at radius 1 is 1.28 bits per heavy atom. The second-order valence-corrected chi connectivity index (χ2v) is 5.78. The smallest absolute Gasteiger partial charge is 0.126 e. The van der Waals surface area contributed by atoms with E-state index in [0.29, 0.717) is 6.04 Å². The molecule has 0 bridgehead atoms. The zero-order chi connectivity index (χ0) is 12.5. The van der Waals surface area contributed by atoms with Crippen LogP contribution in [0.25, 0.3) is 0 Å². The Kier molecular flexibility index (Phi) is 3.35. The highest BCUT2D eigenvalue weighted by molar-refractivity contribution is 5.18. The molecule has 2 nitrogen and oxygen atoms in total. The molecule has 1 unspecified atom stereocenters. The van der Waals surface area contributed by atoms with Crippen molar-refractivity contribution in [3.63, 3.8) is 0 Å². The van der Waals surface area contributed by atoms with E-state index in [4.69, 9.17) is 0 Å². The van der Waals surface area contributed by atoms with Gasteiger partial charge in [0.2, 0.25) is 0 Å². The van der Waals surface area contributed by atoms with Crippen molar-refractivity contribution in [1.29, 1.82) is 0 Å². The van der Waals surface area contributed by atoms with E-state index in [2.05, 4.69) is 17.1 Å². The Morgan fingerprint density at radius 2 is 1.94 bits per heavy atom. The van der Waals surface area contributed by atoms with Gasteiger partial charge in [0, 0.05) is 19.1 Å². The van der Waals surface area contributed by atoms with Gasteiger partial charge in [0.05, 0.1) is 0 Å². The number of hydrogen-bond acceptors (Lipinski definition) is 2. The molecule has 0 radical (unpaired) electrons. The Labute approximate surface area is 108 Å². The first-order chi connectivity index (χ1) is 8.74. The molecule has 18 heavy (non-hydrogen) atoms. The third kappa shape index (κ3) is 2.29. The highest BCUT2D eigenvalue weighted by atomic mass is 19.1. The lowest BCUT2D eigenvalue weighted by Crippen LogP contribution is -2.35. The molecule has 98 valence electrons. The minimum absolute atomic E-state index is 0.0644. The molecule has 0 amide bonds. The van der Waals surface area contributed by atoms with Crippen LogP contribution in [-0.2, 0) is 6.42 Å². The van der Waals surface area contributed by atoms with Crippen LogP contribution in [0.2, 0.25) is 0 Å². The summed E-state index contributed by atoms with van der Waals surface area (Å²) >= 11 is 0. The fourth-order valence-electron chi connectivity index (χ4n) is 3.36. The van der Waals surface area contributed by atoms with Crippen molar-refractivity contribution in [2.75, 3.05) is 26.2 Å². The molecule has 0 spiro atoms. The maximum absolute atomic E-state index is 13.6. The zero-order valence-electron chi connectivity index (χ0n) is 10.9. The summed E-state index contributed by atoms with van der Waals surface area (Å²) in [5.74, 6) is 1.56. The van der Waals surface area contributed by atoms with E-state index in [-0.39, 0.29) is 5.82 Å². The summed E-state index contributed by atoms with van der Waals surface area (Å²) in [5.41, 5.74) is 0.847. The van der Waals surface area contributed by atoms with E-state index in [9.17, 15) is 4.39 Å². The van der Waals surface area contributed by atoms with E-state index in [1.165, 1.54) is 13.1 Å². The van der Waals surface area contributed by atoms with Crippen molar-refractivity contribution in [2.24, 2.45) is 11.8 Å². The first kappa shape index (κ1) is 12.1. The van der Waals surface area contributed by atoms with Gasteiger partial charge in [-0.2, -0.15) is 0 Å². The summed E-state index contributed by atoms with van der Waals surface area (Å²) in [7, 11) is 0. The minimum atomic E-state index is -0.0644. The summed E-state index contributed by atoms with van der Waals surface area (Å²) in [6.45, 7) is 6.89. The maximum atomic E-state index is 13.6. The minimum Gasteiger partial charge on any atom is -0.316 e. The SMILES string of the molecule is CC(Cc1ccccc1F)N1C[C@H]2CNC[C@H]2C1. The molecule has 2 fully saturated rings. The van der Waals surface area contributed by atoms with Gasteiger partial charge in [-0.05, 0) is 49.9 Å². The summed E-state index contributed by atoms with van der Waals surface area (Å²) in [6, 6.07) is 7.59. The molecule has 2 heterocycles. The monoisotopic (exact) mass is 248 g/mol. The van der Waals surface area contributed by atoms with Gasteiger partial charge < -0.3 is 5.32 Å². The van der Waals surface area contributed by atoms with Crippen molar-refractivity contribution in [3.8, 4) is 0 Å². The van der Waals surface area contributed by atoms with Gasteiger partial charge in [-0.15, -0.1) is 0 Å². The first-order valence-electron chi connectivity index (χ1n) is 6.92. The molecule has 0 aromatic heterocycles. The number of fused-ring (bicyclic) bond motifs is 1. The molecule has 2 saturated heterocycles. The van der Waals surface area contributed by atoms with Gasteiger partial charge >= 0.3 is 0 Å². The van der Waals surface area contributed by atoms with Gasteiger partial charge in [0.25, 0.3) is 0 Å². The molecule has 2 aliphatic heterocycles. The van der Waals surface area contributed by atoms with Crippen LogP contribution >= 0.6 is 0 Å². The summed E-state index contributed by atoms with van der Waals surface area (Å²) in [4.78, 5) is 2.53. The van der Waals surface area contributed by atoms with Crippen LogP contribution in [0, 0.1) is 17.7 Å². The number of rotatable bonds is 3. The van der Waals surface area contributed by atoms with Crippen LogP contribution in [0.1, 0.15) is 12.5 Å². The second-order valence-electron chi connectivity index (χ2n) is 5.78. The number of likely N-dealkylation sites (tertiary alicyclic amines) is 1. The molecule has 3 rings (SSSR count). The quantitative estimate of drug-likeness (QED) is 0.879. The van der Waals surface area contributed by atoms with Crippen LogP contribution < -0.4 is 5.32 Å². The van der Waals surface area contributed by atoms with Crippen molar-refractivity contribution in [1.82, 2.24) is 10.2 Å². The normalized spacial score (nSPS) is 29.4. The van der Waals surface area contributed by atoms with Crippen molar-refractivity contribution in [2.45, 2.75) is 19.4 Å². The molecule has 3 atom stereocenters. The predicted molar refractivity (Wildman–Crippen MR) is 71.0 cm³/mol. The third-order valence-electron chi connectivity index (χ3n) is 4.51. The Morgan fingerprint density at radius 3 is 2.61 bits per heavy atom. The molecule has 1 N–H and O–H groups in total.